The van der Waals surface area contributed by atoms with E-state index >= 15 is 0 Å². The van der Waals surface area contributed by atoms with Crippen LogP contribution in [0.5, 0.6) is 0 Å². The summed E-state index contributed by atoms with van der Waals surface area (Å²) >= 11 is 0. The topological polar surface area (TPSA) is 127 Å². The van der Waals surface area contributed by atoms with E-state index in [0.717, 1.165) is 47.2 Å². The molecule has 3 unspecified atom stereocenters. The zero-order chi connectivity index (χ0) is 23.1. The van der Waals surface area contributed by atoms with E-state index < -0.39 is 0 Å². The molecule has 1 aromatic carbocycles. The number of aryl methyl sites for hydroxylation is 2. The Bertz CT molecular complexity index is 1240. The maximum Gasteiger partial charge on any atom is 0.237 e. The molecule has 9 nitrogen and oxygen atoms in total. The van der Waals surface area contributed by atoms with Crippen LogP contribution in [0.4, 0.5) is 0 Å². The molecule has 2 aliphatic rings. The number of nitrogens with two attached hydrogens (primary N) is 1. The minimum absolute atomic E-state index is 0.00962. The lowest BCUT2D eigenvalue weighted by Gasteiger charge is -2.43. The van der Waals surface area contributed by atoms with Crippen molar-refractivity contribution >= 4 is 5.91 Å². The molecule has 3 heterocycles. The van der Waals surface area contributed by atoms with Crippen molar-refractivity contribution in [3.8, 4) is 28.5 Å². The van der Waals surface area contributed by atoms with Crippen molar-refractivity contribution in [1.29, 1.82) is 5.26 Å². The summed E-state index contributed by atoms with van der Waals surface area (Å²) in [5.74, 6) is 0.483. The van der Waals surface area contributed by atoms with Crippen molar-refractivity contribution in [2.24, 2.45) is 31.7 Å². The van der Waals surface area contributed by atoms with Gasteiger partial charge in [-0.2, -0.15) is 15.5 Å². The van der Waals surface area contributed by atoms with Gasteiger partial charge in [-0.3, -0.25) is 19.6 Å². The second kappa shape index (κ2) is 8.46. The Balaban J connectivity index is 1.50. The van der Waals surface area contributed by atoms with Gasteiger partial charge in [-0.05, 0) is 42.7 Å². The molecule has 1 saturated heterocycles. The minimum Gasteiger partial charge on any atom is -0.329 e. The predicted molar refractivity (Wildman–Crippen MR) is 123 cm³/mol. The summed E-state index contributed by atoms with van der Waals surface area (Å²) in [4.78, 5) is 12.4. The number of fused-ring (bicyclic) bond motifs is 1. The number of carbonyl (C=O) groups excluding carboxylic acids is 1. The van der Waals surface area contributed by atoms with Crippen LogP contribution in [0.3, 0.4) is 0 Å². The van der Waals surface area contributed by atoms with Crippen LogP contribution in [-0.4, -0.2) is 38.1 Å². The molecule has 0 bridgehead atoms. The highest BCUT2D eigenvalue weighted by atomic mass is 16.2. The number of benzene rings is 1. The van der Waals surface area contributed by atoms with E-state index in [1.807, 2.05) is 49.4 Å². The fourth-order valence-electron chi connectivity index (χ4n) is 5.53. The van der Waals surface area contributed by atoms with Gasteiger partial charge in [-0.15, -0.1) is 0 Å². The molecule has 1 aliphatic carbocycles. The second-order valence-corrected chi connectivity index (χ2v) is 9.10. The molecule has 2 aromatic heterocycles. The Hall–Kier alpha value is -3.48. The average Bonchev–Trinajstić information content (AvgIpc) is 3.44. The number of hydrazine groups is 1. The van der Waals surface area contributed by atoms with Crippen molar-refractivity contribution < 1.29 is 4.79 Å². The van der Waals surface area contributed by atoms with Crippen molar-refractivity contribution in [2.45, 2.75) is 31.2 Å². The number of nitrogens with one attached hydrogen (secondary N) is 2. The Morgan fingerprint density at radius 2 is 2.06 bits per heavy atom. The normalized spacial score (nSPS) is 24.7. The number of nitrogens with zero attached hydrogens (tertiary/aromatic N) is 5. The molecule has 9 heteroatoms. The summed E-state index contributed by atoms with van der Waals surface area (Å²) in [5, 5.41) is 18.8. The highest BCUT2D eigenvalue weighted by molar-refractivity contribution is 5.80. The lowest BCUT2D eigenvalue weighted by Crippen LogP contribution is -2.62. The van der Waals surface area contributed by atoms with Crippen LogP contribution in [0.1, 0.15) is 36.3 Å². The molecule has 4 atom stereocenters. The van der Waals surface area contributed by atoms with Gasteiger partial charge in [0.2, 0.25) is 5.91 Å². The van der Waals surface area contributed by atoms with Crippen molar-refractivity contribution in [2.75, 3.05) is 6.54 Å². The van der Waals surface area contributed by atoms with Crippen LogP contribution in [0.25, 0.3) is 22.4 Å². The van der Waals surface area contributed by atoms with Gasteiger partial charge in [-0.1, -0.05) is 12.1 Å². The standard InChI is InChI=1S/C24H28N8O/c1-31-13-17(11-27-31)14-3-5-18(16(7-14)9-25)23-21(12-28-32(23)2)15-4-6-19-20(8-15)22(10-26)29-30-24(19)33/h3,5,7,11-13,15,19-20,22,29H,4,6,8,10,26H2,1-2H3,(H,30,33)/t15?,19?,20-,22?/m1/s1. The number of hydrogen-bond donors (Lipinski definition) is 3. The van der Waals surface area contributed by atoms with Crippen LogP contribution >= 0.6 is 0 Å². The lowest BCUT2D eigenvalue weighted by atomic mass is 9.68. The highest BCUT2D eigenvalue weighted by Gasteiger charge is 2.43. The monoisotopic (exact) mass is 444 g/mol. The quantitative estimate of drug-likeness (QED) is 0.563. The van der Waals surface area contributed by atoms with Gasteiger partial charge >= 0.3 is 0 Å². The summed E-state index contributed by atoms with van der Waals surface area (Å²) in [6.07, 6.45) is 8.24. The Kier molecular flexibility index (Phi) is 5.48. The maximum absolute atomic E-state index is 12.4. The van der Waals surface area contributed by atoms with Crippen molar-refractivity contribution in [1.82, 2.24) is 30.4 Å². The SMILES string of the molecule is Cn1cc(-c2ccc(-c3c(C4CCC5C(=O)NNC(CN)[C@@H]5C4)cnn3C)c(C#N)c2)cn1. The first-order chi connectivity index (χ1) is 16.0. The van der Waals surface area contributed by atoms with Gasteiger partial charge in [-0.25, -0.2) is 5.43 Å². The van der Waals surface area contributed by atoms with Crippen LogP contribution < -0.4 is 16.6 Å². The molecule has 1 amide bonds. The molecule has 33 heavy (non-hydrogen) atoms. The highest BCUT2D eigenvalue weighted by Crippen LogP contribution is 2.45. The fraction of sp³-hybridized carbons (Fsp3) is 0.417. The number of amides is 1. The summed E-state index contributed by atoms with van der Waals surface area (Å²) in [5.41, 5.74) is 17.4. The molecule has 2 fully saturated rings. The fourth-order valence-corrected chi connectivity index (χ4v) is 5.53. The third-order valence-corrected chi connectivity index (χ3v) is 7.23. The molecule has 4 N–H and O–H groups in total. The molecule has 1 aliphatic heterocycles. The number of carbonyl (C=O) groups is 1. The largest absolute Gasteiger partial charge is 0.329 e. The zero-order valence-electron chi connectivity index (χ0n) is 18.8. The van der Waals surface area contributed by atoms with Crippen LogP contribution in [-0.2, 0) is 18.9 Å². The number of hydrogen-bond acceptors (Lipinski definition) is 6. The third-order valence-electron chi connectivity index (χ3n) is 7.23. The van der Waals surface area contributed by atoms with Gasteiger partial charge in [0.1, 0.15) is 0 Å². The molecule has 1 saturated carbocycles. The van der Waals surface area contributed by atoms with Crippen molar-refractivity contribution in [3.05, 3.63) is 47.9 Å². The van der Waals surface area contributed by atoms with Gasteiger partial charge in [0.05, 0.1) is 29.7 Å². The van der Waals surface area contributed by atoms with E-state index in [9.17, 15) is 10.1 Å². The summed E-state index contributed by atoms with van der Waals surface area (Å²) in [6.45, 7) is 0.475. The molecule has 170 valence electrons. The summed E-state index contributed by atoms with van der Waals surface area (Å²) < 4.78 is 3.60. The zero-order valence-corrected chi connectivity index (χ0v) is 18.8. The first-order valence-electron chi connectivity index (χ1n) is 11.3. The van der Waals surface area contributed by atoms with Crippen LogP contribution in [0, 0.1) is 23.2 Å². The van der Waals surface area contributed by atoms with E-state index in [1.54, 1.807) is 10.9 Å². The smallest absolute Gasteiger partial charge is 0.237 e. The molecule has 5 rings (SSSR count). The van der Waals surface area contributed by atoms with Crippen LogP contribution in [0.15, 0.2) is 36.8 Å². The lowest BCUT2D eigenvalue weighted by molar-refractivity contribution is -0.133. The second-order valence-electron chi connectivity index (χ2n) is 9.10. The van der Waals surface area contributed by atoms with E-state index in [2.05, 4.69) is 27.1 Å². The Morgan fingerprint density at radius 1 is 1.21 bits per heavy atom. The van der Waals surface area contributed by atoms with Gasteiger partial charge in [0.15, 0.2) is 0 Å². The number of aromatic nitrogens is 4. The Labute approximate surface area is 192 Å². The van der Waals surface area contributed by atoms with Gasteiger partial charge in [0.25, 0.3) is 0 Å². The van der Waals surface area contributed by atoms with Crippen LogP contribution in [0.2, 0.25) is 0 Å². The molecule has 0 spiro atoms. The number of rotatable bonds is 4. The molecule has 3 aromatic rings. The maximum atomic E-state index is 12.4. The number of nitriles is 1. The van der Waals surface area contributed by atoms with E-state index in [4.69, 9.17) is 5.73 Å². The van der Waals surface area contributed by atoms with E-state index in [0.29, 0.717) is 12.1 Å². The predicted octanol–water partition coefficient (Wildman–Crippen LogP) is 1.82. The van der Waals surface area contributed by atoms with Gasteiger partial charge < -0.3 is 5.73 Å². The summed E-state index contributed by atoms with van der Waals surface area (Å²) in [7, 11) is 3.79. The summed E-state index contributed by atoms with van der Waals surface area (Å²) in [6, 6.07) is 8.39. The average molecular weight is 445 g/mol. The molecule has 0 radical (unpaired) electrons. The first kappa shape index (κ1) is 21.4. The van der Waals surface area contributed by atoms with Gasteiger partial charge in [0, 0.05) is 55.5 Å². The molecular weight excluding hydrogens is 416 g/mol. The van der Waals surface area contributed by atoms with E-state index in [1.165, 1.54) is 0 Å². The van der Waals surface area contributed by atoms with E-state index in [-0.39, 0.29) is 29.7 Å². The third kappa shape index (κ3) is 3.71. The minimum atomic E-state index is -0.00962. The Morgan fingerprint density at radius 3 is 2.79 bits per heavy atom. The van der Waals surface area contributed by atoms with Crippen molar-refractivity contribution in [3.63, 3.8) is 0 Å². The first-order valence-corrected chi connectivity index (χ1v) is 11.3. The molecular formula is C24H28N8O.